The van der Waals surface area contributed by atoms with E-state index in [9.17, 15) is 9.90 Å². The molecule has 0 aliphatic heterocycles. The molecule has 2 rings (SSSR count). The number of hydrogen-bond donors (Lipinski definition) is 4. The Morgan fingerprint density at radius 3 is 2.50 bits per heavy atom. The van der Waals surface area contributed by atoms with Crippen molar-refractivity contribution in [3.63, 3.8) is 0 Å². The van der Waals surface area contributed by atoms with E-state index in [0.29, 0.717) is 24.8 Å². The van der Waals surface area contributed by atoms with E-state index in [1.54, 1.807) is 19.1 Å². The number of amides is 1. The van der Waals surface area contributed by atoms with Gasteiger partial charge in [0.2, 0.25) is 5.91 Å². The Balaban J connectivity index is 1.95. The van der Waals surface area contributed by atoms with Crippen molar-refractivity contribution < 1.29 is 14.3 Å². The van der Waals surface area contributed by atoms with E-state index in [-0.39, 0.29) is 18.4 Å². The number of carbonyl (C=O) groups excluding carboxylic acids is 1. The van der Waals surface area contributed by atoms with Crippen LogP contribution in [0, 0.1) is 5.92 Å². The first-order chi connectivity index (χ1) is 13.3. The Morgan fingerprint density at radius 2 is 1.93 bits per heavy atom. The Morgan fingerprint density at radius 1 is 1.21 bits per heavy atom. The highest BCUT2D eigenvalue weighted by Gasteiger charge is 2.26. The molecule has 0 aliphatic rings. The molecule has 28 heavy (non-hydrogen) atoms. The van der Waals surface area contributed by atoms with E-state index in [1.807, 2.05) is 45.0 Å². The zero-order chi connectivity index (χ0) is 20.6. The van der Waals surface area contributed by atoms with E-state index >= 15 is 0 Å². The lowest BCUT2D eigenvalue weighted by molar-refractivity contribution is -0.118. The van der Waals surface area contributed by atoms with Crippen LogP contribution in [0.15, 0.2) is 52.1 Å². The van der Waals surface area contributed by atoms with Crippen LogP contribution in [-0.2, 0) is 16.9 Å². The van der Waals surface area contributed by atoms with Crippen LogP contribution in [0.2, 0.25) is 0 Å². The zero-order valence-electron chi connectivity index (χ0n) is 17.0. The topological polar surface area (TPSA) is 98.9 Å². The average Bonchev–Trinajstić information content (AvgIpc) is 3.21. The monoisotopic (exact) mass is 386 g/mol. The van der Waals surface area contributed by atoms with Crippen molar-refractivity contribution in [2.45, 2.75) is 39.8 Å². The zero-order valence-corrected chi connectivity index (χ0v) is 17.0. The summed E-state index contributed by atoms with van der Waals surface area (Å²) in [7, 11) is 0. The number of furan rings is 1. The predicted molar refractivity (Wildman–Crippen MR) is 111 cm³/mol. The number of aliphatic hydroxyl groups is 1. The summed E-state index contributed by atoms with van der Waals surface area (Å²) in [6, 6.07) is 11.1. The molecule has 0 saturated carbocycles. The van der Waals surface area contributed by atoms with Crippen molar-refractivity contribution in [2.75, 3.05) is 18.4 Å². The maximum absolute atomic E-state index is 11.7. The highest BCUT2D eigenvalue weighted by atomic mass is 16.4. The van der Waals surface area contributed by atoms with Gasteiger partial charge in [-0.1, -0.05) is 26.0 Å². The lowest BCUT2D eigenvalue weighted by Gasteiger charge is -2.22. The van der Waals surface area contributed by atoms with Gasteiger partial charge in [-0.15, -0.1) is 0 Å². The first kappa shape index (κ1) is 21.5. The Labute approximate surface area is 166 Å². The van der Waals surface area contributed by atoms with Crippen LogP contribution in [0.1, 0.15) is 39.0 Å². The van der Waals surface area contributed by atoms with Crippen molar-refractivity contribution >= 4 is 17.6 Å². The number of nitrogens with one attached hydrogen (secondary N) is 3. The third kappa shape index (κ3) is 6.42. The summed E-state index contributed by atoms with van der Waals surface area (Å²) in [6.07, 6.45) is 1.54. The number of anilines is 1. The van der Waals surface area contributed by atoms with Crippen molar-refractivity contribution in [2.24, 2.45) is 10.9 Å². The molecule has 1 aromatic carbocycles. The minimum Gasteiger partial charge on any atom is -0.466 e. The normalized spacial score (nSPS) is 13.9. The Hall–Kier alpha value is -2.80. The first-order valence-corrected chi connectivity index (χ1v) is 9.50. The second-order valence-electron chi connectivity index (χ2n) is 7.14. The van der Waals surface area contributed by atoms with E-state index in [1.165, 1.54) is 6.26 Å². The Kier molecular flexibility index (Phi) is 7.63. The van der Waals surface area contributed by atoms with Gasteiger partial charge in [-0.3, -0.25) is 4.79 Å². The quantitative estimate of drug-likeness (QED) is 0.413. The minimum atomic E-state index is -1.14. The minimum absolute atomic E-state index is 0.00647. The van der Waals surface area contributed by atoms with Gasteiger partial charge in [0.1, 0.15) is 11.4 Å². The van der Waals surface area contributed by atoms with Crippen molar-refractivity contribution in [1.82, 2.24) is 10.6 Å². The van der Waals surface area contributed by atoms with Crippen LogP contribution in [0.5, 0.6) is 0 Å². The van der Waals surface area contributed by atoms with Crippen molar-refractivity contribution in [3.8, 4) is 0 Å². The smallest absolute Gasteiger partial charge is 0.226 e. The maximum atomic E-state index is 11.7. The fraction of sp³-hybridized carbons (Fsp3) is 0.429. The van der Waals surface area contributed by atoms with Crippen LogP contribution in [0.25, 0.3) is 0 Å². The van der Waals surface area contributed by atoms with Crippen LogP contribution in [-0.4, -0.2) is 30.1 Å². The van der Waals surface area contributed by atoms with Crippen molar-refractivity contribution in [3.05, 3.63) is 54.0 Å². The number of guanidine groups is 1. The molecule has 7 heteroatoms. The van der Waals surface area contributed by atoms with Gasteiger partial charge >= 0.3 is 0 Å². The molecule has 1 atom stereocenters. The van der Waals surface area contributed by atoms with E-state index < -0.39 is 5.60 Å². The molecule has 0 radical (unpaired) electrons. The maximum Gasteiger partial charge on any atom is 0.226 e. The standard InChI is InChI=1S/C21H30N4O3/c1-5-22-20(24-14-21(4,27)18-7-6-12-28-18)23-13-16-8-10-17(11-9-16)25-19(26)15(2)3/h6-12,15,27H,5,13-14H2,1-4H3,(H,25,26)(H2,22,23,24). The summed E-state index contributed by atoms with van der Waals surface area (Å²) in [5.41, 5.74) is 0.638. The molecule has 4 N–H and O–H groups in total. The van der Waals surface area contributed by atoms with E-state index in [2.05, 4.69) is 20.9 Å². The summed E-state index contributed by atoms with van der Waals surface area (Å²) < 4.78 is 5.29. The lowest BCUT2D eigenvalue weighted by atomic mass is 10.0. The molecule has 7 nitrogen and oxygen atoms in total. The summed E-state index contributed by atoms with van der Waals surface area (Å²) in [4.78, 5) is 16.3. The van der Waals surface area contributed by atoms with Crippen molar-refractivity contribution in [1.29, 1.82) is 0 Å². The van der Waals surface area contributed by atoms with E-state index in [4.69, 9.17) is 4.42 Å². The van der Waals surface area contributed by atoms with Gasteiger partial charge in [0.15, 0.2) is 5.96 Å². The number of nitrogens with zero attached hydrogens (tertiary/aromatic N) is 1. The number of carbonyl (C=O) groups is 1. The highest BCUT2D eigenvalue weighted by molar-refractivity contribution is 5.92. The lowest BCUT2D eigenvalue weighted by Crippen LogP contribution is -2.44. The molecule has 0 saturated heterocycles. The fourth-order valence-corrected chi connectivity index (χ4v) is 2.42. The van der Waals surface area contributed by atoms with Crippen LogP contribution in [0.4, 0.5) is 5.69 Å². The van der Waals surface area contributed by atoms with Crippen LogP contribution in [0.3, 0.4) is 0 Å². The van der Waals surface area contributed by atoms with Gasteiger partial charge in [-0.2, -0.15) is 0 Å². The number of hydrogen-bond acceptors (Lipinski definition) is 4. The molecule has 1 heterocycles. The second kappa shape index (κ2) is 9.94. The third-order valence-electron chi connectivity index (χ3n) is 4.16. The number of benzene rings is 1. The van der Waals surface area contributed by atoms with Gasteiger partial charge in [-0.25, -0.2) is 4.99 Å². The fourth-order valence-electron chi connectivity index (χ4n) is 2.42. The van der Waals surface area contributed by atoms with Gasteiger partial charge in [0.05, 0.1) is 19.4 Å². The summed E-state index contributed by atoms with van der Waals surface area (Å²) in [6.45, 7) is 8.81. The molecule has 1 unspecified atom stereocenters. The molecule has 0 fully saturated rings. The number of rotatable bonds is 8. The third-order valence-corrected chi connectivity index (χ3v) is 4.16. The molecular weight excluding hydrogens is 356 g/mol. The molecule has 152 valence electrons. The first-order valence-electron chi connectivity index (χ1n) is 9.50. The molecule has 0 aliphatic carbocycles. The summed E-state index contributed by atoms with van der Waals surface area (Å²) in [5.74, 6) is 1.03. The molecule has 0 bridgehead atoms. The molecule has 1 amide bonds. The van der Waals surface area contributed by atoms with E-state index in [0.717, 1.165) is 11.3 Å². The largest absolute Gasteiger partial charge is 0.466 e. The van der Waals surface area contributed by atoms with Crippen LogP contribution >= 0.6 is 0 Å². The van der Waals surface area contributed by atoms with Gasteiger partial charge < -0.3 is 25.5 Å². The SMILES string of the molecule is CCNC(=NCc1ccc(NC(=O)C(C)C)cc1)NCC(C)(O)c1ccco1. The van der Waals surface area contributed by atoms with Gasteiger partial charge in [0.25, 0.3) is 0 Å². The van der Waals surface area contributed by atoms with Crippen LogP contribution < -0.4 is 16.0 Å². The molecular formula is C21H30N4O3. The second-order valence-corrected chi connectivity index (χ2v) is 7.14. The summed E-state index contributed by atoms with van der Waals surface area (Å²) in [5, 5.41) is 19.7. The Bertz CT molecular complexity index is 765. The number of aliphatic imine (C=N–C) groups is 1. The van der Waals surface area contributed by atoms with Gasteiger partial charge in [-0.05, 0) is 43.7 Å². The highest BCUT2D eigenvalue weighted by Crippen LogP contribution is 2.19. The average molecular weight is 386 g/mol. The van der Waals surface area contributed by atoms with Gasteiger partial charge in [0, 0.05) is 18.2 Å². The summed E-state index contributed by atoms with van der Waals surface area (Å²) >= 11 is 0. The predicted octanol–water partition coefficient (Wildman–Crippen LogP) is 2.84. The molecule has 0 spiro atoms. The molecule has 2 aromatic rings. The molecule has 1 aromatic heterocycles.